The predicted molar refractivity (Wildman–Crippen MR) is 87.7 cm³/mol. The predicted octanol–water partition coefficient (Wildman–Crippen LogP) is 2.17. The first-order valence-corrected chi connectivity index (χ1v) is 10.1. The van der Waals surface area contributed by atoms with Crippen LogP contribution in [0.1, 0.15) is 19.3 Å². The Balaban J connectivity index is 1.56. The molecule has 0 aromatic carbocycles. The molecule has 0 amide bonds. The van der Waals surface area contributed by atoms with Gasteiger partial charge in [-0.3, -0.25) is 0 Å². The van der Waals surface area contributed by atoms with Crippen LogP contribution in [-0.4, -0.2) is 44.1 Å². The smallest absolute Gasteiger partial charge is 0.252 e. The summed E-state index contributed by atoms with van der Waals surface area (Å²) < 4.78 is 33.0. The second-order valence-electron chi connectivity index (χ2n) is 6.33. The summed E-state index contributed by atoms with van der Waals surface area (Å²) in [6.07, 6.45) is 4.65. The molecule has 23 heavy (non-hydrogen) atoms. The van der Waals surface area contributed by atoms with Crippen LogP contribution in [0.2, 0.25) is 0 Å². The molecule has 8 heteroatoms. The SMILES string of the molecule is O=S(=O)(c1ccc(-c2ccno2)s1)N1CCC2(CCNCC2)C1. The summed E-state index contributed by atoms with van der Waals surface area (Å²) in [6, 6.07) is 5.20. The molecule has 2 fully saturated rings. The molecule has 124 valence electrons. The third-order valence-electron chi connectivity index (χ3n) is 4.92. The molecule has 1 spiro atoms. The number of piperidine rings is 1. The highest BCUT2D eigenvalue weighted by Crippen LogP contribution is 2.41. The van der Waals surface area contributed by atoms with Gasteiger partial charge in [0.2, 0.25) is 0 Å². The molecule has 2 saturated heterocycles. The average molecular weight is 353 g/mol. The van der Waals surface area contributed by atoms with Crippen molar-refractivity contribution in [3.63, 3.8) is 0 Å². The number of nitrogens with zero attached hydrogens (tertiary/aromatic N) is 2. The molecule has 4 rings (SSSR count). The molecule has 0 saturated carbocycles. The van der Waals surface area contributed by atoms with Gasteiger partial charge in [0.25, 0.3) is 10.0 Å². The van der Waals surface area contributed by atoms with Crippen molar-refractivity contribution in [1.82, 2.24) is 14.8 Å². The zero-order chi connectivity index (χ0) is 15.9. The van der Waals surface area contributed by atoms with E-state index in [1.165, 1.54) is 11.3 Å². The number of thiophene rings is 1. The van der Waals surface area contributed by atoms with E-state index in [4.69, 9.17) is 4.52 Å². The third-order valence-corrected chi connectivity index (χ3v) is 8.34. The van der Waals surface area contributed by atoms with E-state index >= 15 is 0 Å². The molecule has 2 aromatic rings. The number of aromatic nitrogens is 1. The van der Waals surface area contributed by atoms with E-state index in [1.54, 1.807) is 28.7 Å². The minimum absolute atomic E-state index is 0.170. The summed E-state index contributed by atoms with van der Waals surface area (Å²) >= 11 is 1.24. The van der Waals surface area contributed by atoms with Crippen molar-refractivity contribution < 1.29 is 12.9 Å². The normalized spacial score (nSPS) is 21.9. The van der Waals surface area contributed by atoms with Crippen molar-refractivity contribution in [2.75, 3.05) is 26.2 Å². The van der Waals surface area contributed by atoms with Crippen LogP contribution in [-0.2, 0) is 10.0 Å². The summed E-state index contributed by atoms with van der Waals surface area (Å²) in [5, 5.41) is 7.03. The molecular weight excluding hydrogens is 334 g/mol. The first-order chi connectivity index (χ1) is 11.1. The largest absolute Gasteiger partial charge is 0.355 e. The summed E-state index contributed by atoms with van der Waals surface area (Å²) in [5.41, 5.74) is 0.170. The van der Waals surface area contributed by atoms with Crippen molar-refractivity contribution in [2.45, 2.75) is 23.5 Å². The lowest BCUT2D eigenvalue weighted by molar-refractivity contribution is 0.218. The molecule has 2 aromatic heterocycles. The Labute approximate surface area is 139 Å². The van der Waals surface area contributed by atoms with Crippen LogP contribution in [0.15, 0.2) is 33.1 Å². The lowest BCUT2D eigenvalue weighted by Crippen LogP contribution is -2.39. The maximum Gasteiger partial charge on any atom is 0.252 e. The van der Waals surface area contributed by atoms with E-state index in [1.807, 2.05) is 0 Å². The van der Waals surface area contributed by atoms with Gasteiger partial charge in [0.05, 0.1) is 11.1 Å². The first-order valence-electron chi connectivity index (χ1n) is 7.81. The fraction of sp³-hybridized carbons (Fsp3) is 0.533. The van der Waals surface area contributed by atoms with Crippen LogP contribution in [0.4, 0.5) is 0 Å². The molecule has 0 unspecified atom stereocenters. The topological polar surface area (TPSA) is 75.4 Å². The Morgan fingerprint density at radius 2 is 2.04 bits per heavy atom. The molecular formula is C15H19N3O3S2. The average Bonchev–Trinajstić information content (AvgIpc) is 3.28. The molecule has 0 aliphatic carbocycles. The van der Waals surface area contributed by atoms with Crippen molar-refractivity contribution in [3.8, 4) is 10.6 Å². The number of nitrogens with one attached hydrogen (secondary N) is 1. The number of sulfonamides is 1. The molecule has 1 N–H and O–H groups in total. The quantitative estimate of drug-likeness (QED) is 0.915. The fourth-order valence-electron chi connectivity index (χ4n) is 3.53. The van der Waals surface area contributed by atoms with Gasteiger partial charge in [-0.1, -0.05) is 5.16 Å². The zero-order valence-corrected chi connectivity index (χ0v) is 14.3. The maximum atomic E-state index is 12.9. The Hall–Kier alpha value is -1.22. The summed E-state index contributed by atoms with van der Waals surface area (Å²) in [7, 11) is -3.41. The second kappa shape index (κ2) is 5.70. The van der Waals surface area contributed by atoms with E-state index in [9.17, 15) is 8.42 Å². The van der Waals surface area contributed by atoms with Crippen LogP contribution in [0.25, 0.3) is 10.6 Å². The van der Waals surface area contributed by atoms with Crippen LogP contribution in [0.5, 0.6) is 0 Å². The minimum Gasteiger partial charge on any atom is -0.355 e. The van der Waals surface area contributed by atoms with Crippen LogP contribution < -0.4 is 5.32 Å². The van der Waals surface area contributed by atoms with Crippen molar-refractivity contribution >= 4 is 21.4 Å². The van der Waals surface area contributed by atoms with Gasteiger partial charge in [0.1, 0.15) is 4.21 Å². The molecule has 2 aliphatic heterocycles. The Morgan fingerprint density at radius 1 is 1.22 bits per heavy atom. The third kappa shape index (κ3) is 2.73. The lowest BCUT2D eigenvalue weighted by Gasteiger charge is -2.33. The van der Waals surface area contributed by atoms with E-state index in [0.717, 1.165) is 37.2 Å². The van der Waals surface area contributed by atoms with Gasteiger partial charge in [0.15, 0.2) is 5.76 Å². The Kier molecular flexibility index (Phi) is 3.79. The number of hydrogen-bond acceptors (Lipinski definition) is 6. The van der Waals surface area contributed by atoms with Crippen molar-refractivity contribution in [3.05, 3.63) is 24.4 Å². The first kappa shape index (κ1) is 15.3. The van der Waals surface area contributed by atoms with Gasteiger partial charge in [-0.15, -0.1) is 11.3 Å². The maximum absolute atomic E-state index is 12.9. The van der Waals surface area contributed by atoms with Crippen molar-refractivity contribution in [2.24, 2.45) is 5.41 Å². The molecule has 0 bridgehead atoms. The van der Waals surface area contributed by atoms with Gasteiger partial charge in [-0.2, -0.15) is 4.31 Å². The summed E-state index contributed by atoms with van der Waals surface area (Å²) in [4.78, 5) is 0.789. The van der Waals surface area contributed by atoms with Crippen LogP contribution in [0, 0.1) is 5.41 Å². The Morgan fingerprint density at radius 3 is 2.78 bits per heavy atom. The van der Waals surface area contributed by atoms with E-state index in [-0.39, 0.29) is 5.41 Å². The monoisotopic (exact) mass is 353 g/mol. The van der Waals surface area contributed by atoms with Crippen molar-refractivity contribution in [1.29, 1.82) is 0 Å². The van der Waals surface area contributed by atoms with Gasteiger partial charge < -0.3 is 9.84 Å². The highest BCUT2D eigenvalue weighted by molar-refractivity contribution is 7.91. The Bertz CT molecular complexity index is 777. The molecule has 4 heterocycles. The highest BCUT2D eigenvalue weighted by atomic mass is 32.2. The molecule has 0 atom stereocenters. The van der Waals surface area contributed by atoms with E-state index < -0.39 is 10.0 Å². The standard InChI is InChI=1S/C15H19N3O3S2/c19-23(20,14-2-1-13(22-14)12-3-7-17-21-12)18-10-6-15(11-18)4-8-16-9-5-15/h1-3,7,16H,4-6,8-11H2. The number of rotatable bonds is 3. The van der Waals surface area contributed by atoms with Gasteiger partial charge >= 0.3 is 0 Å². The van der Waals surface area contributed by atoms with E-state index in [2.05, 4.69) is 10.5 Å². The van der Waals surface area contributed by atoms with Crippen LogP contribution in [0.3, 0.4) is 0 Å². The lowest BCUT2D eigenvalue weighted by atomic mass is 9.78. The zero-order valence-electron chi connectivity index (χ0n) is 12.7. The molecule has 2 aliphatic rings. The summed E-state index contributed by atoms with van der Waals surface area (Å²) in [6.45, 7) is 3.25. The van der Waals surface area contributed by atoms with E-state index in [0.29, 0.717) is 23.1 Å². The van der Waals surface area contributed by atoms with Gasteiger partial charge in [-0.05, 0) is 49.9 Å². The van der Waals surface area contributed by atoms with Crippen LogP contribution >= 0.6 is 11.3 Å². The molecule has 6 nitrogen and oxygen atoms in total. The van der Waals surface area contributed by atoms with Gasteiger partial charge in [-0.25, -0.2) is 8.42 Å². The molecule has 0 radical (unpaired) electrons. The highest BCUT2D eigenvalue weighted by Gasteiger charge is 2.43. The summed E-state index contributed by atoms with van der Waals surface area (Å²) in [5.74, 6) is 0.604. The second-order valence-corrected chi connectivity index (χ2v) is 9.58. The van der Waals surface area contributed by atoms with Gasteiger partial charge in [0, 0.05) is 19.2 Å². The fourth-order valence-corrected chi connectivity index (χ4v) is 6.50. The minimum atomic E-state index is -3.41. The number of hydrogen-bond donors (Lipinski definition) is 1.